The van der Waals surface area contributed by atoms with Gasteiger partial charge >= 0.3 is 0 Å². The van der Waals surface area contributed by atoms with E-state index in [1.807, 2.05) is 12.1 Å². The number of nitrogens with one attached hydrogen (secondary N) is 2. The van der Waals surface area contributed by atoms with Crippen LogP contribution >= 0.6 is 0 Å². The second kappa shape index (κ2) is 9.52. The van der Waals surface area contributed by atoms with Crippen LogP contribution in [0, 0.1) is 5.82 Å². The summed E-state index contributed by atoms with van der Waals surface area (Å²) in [6.07, 6.45) is 0.531. The minimum absolute atomic E-state index is 0.112. The van der Waals surface area contributed by atoms with Crippen molar-refractivity contribution in [2.75, 3.05) is 20.8 Å². The maximum atomic E-state index is 12.9. The second-order valence-corrected chi connectivity index (χ2v) is 7.74. The fraction of sp³-hybridized carbons (Fsp3) is 0.316. The molecular weight excluding hydrogens is 387 g/mol. The number of carbonyl (C=O) groups excluding carboxylic acids is 1. The van der Waals surface area contributed by atoms with Gasteiger partial charge in [0.2, 0.25) is 15.9 Å². The highest BCUT2D eigenvalue weighted by atomic mass is 32.2. The van der Waals surface area contributed by atoms with Crippen LogP contribution < -0.4 is 19.5 Å². The van der Waals surface area contributed by atoms with Crippen molar-refractivity contribution < 1.29 is 27.1 Å². The van der Waals surface area contributed by atoms with E-state index >= 15 is 0 Å². The van der Waals surface area contributed by atoms with E-state index in [-0.39, 0.29) is 4.90 Å². The number of hydrogen-bond donors (Lipinski definition) is 2. The Bertz CT molecular complexity index is 916. The average Bonchev–Trinajstić information content (AvgIpc) is 2.67. The molecule has 0 saturated heterocycles. The Hall–Kier alpha value is -2.65. The Morgan fingerprint density at radius 3 is 2.32 bits per heavy atom. The lowest BCUT2D eigenvalue weighted by atomic mass is 10.1. The van der Waals surface area contributed by atoms with Gasteiger partial charge < -0.3 is 14.8 Å². The third-order valence-electron chi connectivity index (χ3n) is 4.01. The number of hydrogen-bond acceptors (Lipinski definition) is 5. The molecule has 0 unspecified atom stereocenters. The third-order valence-corrected chi connectivity index (χ3v) is 5.57. The van der Waals surface area contributed by atoms with Crippen LogP contribution in [0.2, 0.25) is 0 Å². The molecule has 0 spiro atoms. The van der Waals surface area contributed by atoms with Crippen LogP contribution in [0.5, 0.6) is 11.5 Å². The first-order valence-electron chi connectivity index (χ1n) is 8.53. The lowest BCUT2D eigenvalue weighted by Crippen LogP contribution is -2.45. The van der Waals surface area contributed by atoms with Gasteiger partial charge in [-0.15, -0.1) is 0 Å². The molecule has 0 fully saturated rings. The quantitative estimate of drug-likeness (QED) is 0.658. The van der Waals surface area contributed by atoms with Crippen molar-refractivity contribution in [1.82, 2.24) is 10.0 Å². The van der Waals surface area contributed by atoms with Crippen molar-refractivity contribution in [1.29, 1.82) is 0 Å². The molecule has 0 aromatic heterocycles. The first-order valence-corrected chi connectivity index (χ1v) is 10.0. The van der Waals surface area contributed by atoms with Gasteiger partial charge in [0.05, 0.1) is 25.2 Å². The number of benzene rings is 2. The maximum Gasteiger partial charge on any atom is 0.241 e. The maximum absolute atomic E-state index is 12.9. The van der Waals surface area contributed by atoms with Crippen LogP contribution in [-0.4, -0.2) is 41.1 Å². The Morgan fingerprint density at radius 1 is 1.07 bits per heavy atom. The number of rotatable bonds is 9. The zero-order valence-corrected chi connectivity index (χ0v) is 16.7. The monoisotopic (exact) mass is 410 g/mol. The molecule has 9 heteroatoms. The van der Waals surface area contributed by atoms with Crippen LogP contribution in [-0.2, 0) is 21.2 Å². The molecule has 0 aliphatic heterocycles. The van der Waals surface area contributed by atoms with Gasteiger partial charge in [0.1, 0.15) is 5.82 Å². The summed E-state index contributed by atoms with van der Waals surface area (Å²) in [5, 5.41) is 2.68. The van der Waals surface area contributed by atoms with E-state index in [4.69, 9.17) is 9.47 Å². The number of sulfonamides is 1. The molecule has 0 bridgehead atoms. The molecule has 28 heavy (non-hydrogen) atoms. The molecule has 0 radical (unpaired) electrons. The van der Waals surface area contributed by atoms with E-state index in [1.165, 1.54) is 14.0 Å². The highest BCUT2D eigenvalue weighted by Gasteiger charge is 2.21. The molecule has 2 aromatic carbocycles. The molecule has 1 atom stereocenters. The van der Waals surface area contributed by atoms with Gasteiger partial charge in [-0.1, -0.05) is 6.07 Å². The summed E-state index contributed by atoms with van der Waals surface area (Å²) >= 11 is 0. The van der Waals surface area contributed by atoms with Crippen LogP contribution in [0.1, 0.15) is 12.5 Å². The van der Waals surface area contributed by atoms with Crippen LogP contribution in [0.3, 0.4) is 0 Å². The first-order chi connectivity index (χ1) is 13.3. The molecule has 152 valence electrons. The van der Waals surface area contributed by atoms with Crippen molar-refractivity contribution >= 4 is 15.9 Å². The summed E-state index contributed by atoms with van der Waals surface area (Å²) in [6, 6.07) is 8.82. The third kappa shape index (κ3) is 5.67. The highest BCUT2D eigenvalue weighted by Crippen LogP contribution is 2.27. The number of ether oxygens (including phenoxy) is 2. The lowest BCUT2D eigenvalue weighted by Gasteiger charge is -2.15. The Morgan fingerprint density at radius 2 is 1.71 bits per heavy atom. The van der Waals surface area contributed by atoms with Crippen LogP contribution in [0.25, 0.3) is 0 Å². The van der Waals surface area contributed by atoms with E-state index in [1.54, 1.807) is 13.2 Å². The fourth-order valence-corrected chi connectivity index (χ4v) is 3.69. The minimum atomic E-state index is -3.92. The molecular formula is C19H23FN2O5S. The van der Waals surface area contributed by atoms with E-state index in [0.29, 0.717) is 24.5 Å². The van der Waals surface area contributed by atoms with Gasteiger partial charge in [0.15, 0.2) is 11.5 Å². The van der Waals surface area contributed by atoms with Gasteiger partial charge in [-0.25, -0.2) is 12.8 Å². The largest absolute Gasteiger partial charge is 0.493 e. The van der Waals surface area contributed by atoms with Gasteiger partial charge in [0, 0.05) is 6.54 Å². The molecule has 7 nitrogen and oxygen atoms in total. The zero-order valence-electron chi connectivity index (χ0n) is 15.9. The minimum Gasteiger partial charge on any atom is -0.493 e. The molecule has 0 saturated carbocycles. The molecule has 2 rings (SSSR count). The number of methoxy groups -OCH3 is 2. The zero-order chi connectivity index (χ0) is 20.7. The summed E-state index contributed by atoms with van der Waals surface area (Å²) in [4.78, 5) is 12.1. The summed E-state index contributed by atoms with van der Waals surface area (Å²) < 4.78 is 50.1. The molecule has 0 heterocycles. The average molecular weight is 410 g/mol. The van der Waals surface area contributed by atoms with Crippen molar-refractivity contribution in [3.8, 4) is 11.5 Å². The van der Waals surface area contributed by atoms with Gasteiger partial charge in [-0.05, 0) is 55.3 Å². The Balaban J connectivity index is 1.89. The normalized spacial score (nSPS) is 12.3. The topological polar surface area (TPSA) is 93.7 Å². The fourth-order valence-electron chi connectivity index (χ4n) is 2.49. The standard InChI is InChI=1S/C19H23FN2O5S/c1-13(22-28(24,25)16-7-5-15(20)6-8-16)19(23)21-11-10-14-4-9-17(26-2)18(12-14)27-3/h4-9,12-13,22H,10-11H2,1-3H3,(H,21,23)/t13-/m1/s1. The number of amides is 1. The van der Waals surface area contributed by atoms with Crippen LogP contribution in [0.4, 0.5) is 4.39 Å². The summed E-state index contributed by atoms with van der Waals surface area (Å²) in [5.41, 5.74) is 0.928. The second-order valence-electron chi connectivity index (χ2n) is 6.03. The highest BCUT2D eigenvalue weighted by molar-refractivity contribution is 7.89. The Labute approximate surface area is 163 Å². The number of halogens is 1. The van der Waals surface area contributed by atoms with E-state index in [9.17, 15) is 17.6 Å². The van der Waals surface area contributed by atoms with Gasteiger partial charge in [-0.2, -0.15) is 4.72 Å². The van der Waals surface area contributed by atoms with Crippen molar-refractivity contribution in [3.63, 3.8) is 0 Å². The SMILES string of the molecule is COc1ccc(CCNC(=O)[C@@H](C)NS(=O)(=O)c2ccc(F)cc2)cc1OC. The predicted octanol–water partition coefficient (Wildman–Crippen LogP) is 1.87. The summed E-state index contributed by atoms with van der Waals surface area (Å²) in [7, 11) is -0.835. The summed E-state index contributed by atoms with van der Waals surface area (Å²) in [6.45, 7) is 1.75. The van der Waals surface area contributed by atoms with Gasteiger partial charge in [-0.3, -0.25) is 4.79 Å². The van der Waals surface area contributed by atoms with E-state index in [0.717, 1.165) is 29.8 Å². The molecule has 0 aliphatic rings. The number of carbonyl (C=O) groups is 1. The summed E-state index contributed by atoms with van der Waals surface area (Å²) in [5.74, 6) is 0.192. The Kier molecular flexibility index (Phi) is 7.36. The lowest BCUT2D eigenvalue weighted by molar-refractivity contribution is -0.122. The predicted molar refractivity (Wildman–Crippen MR) is 102 cm³/mol. The molecule has 0 aliphatic carbocycles. The molecule has 2 aromatic rings. The van der Waals surface area contributed by atoms with Crippen molar-refractivity contribution in [2.45, 2.75) is 24.3 Å². The first kappa shape index (κ1) is 21.6. The molecule has 1 amide bonds. The van der Waals surface area contributed by atoms with Crippen molar-refractivity contribution in [3.05, 3.63) is 53.8 Å². The van der Waals surface area contributed by atoms with Crippen LogP contribution in [0.15, 0.2) is 47.4 Å². The molecule has 2 N–H and O–H groups in total. The smallest absolute Gasteiger partial charge is 0.241 e. The van der Waals surface area contributed by atoms with E-state index in [2.05, 4.69) is 10.0 Å². The van der Waals surface area contributed by atoms with Crippen molar-refractivity contribution in [2.24, 2.45) is 0 Å². The van der Waals surface area contributed by atoms with E-state index < -0.39 is 27.8 Å². The van der Waals surface area contributed by atoms with Gasteiger partial charge in [0.25, 0.3) is 0 Å².